The first-order chi connectivity index (χ1) is 6.15. The van der Waals surface area contributed by atoms with Gasteiger partial charge in [-0.25, -0.2) is 0 Å². The third kappa shape index (κ3) is 2.32. The molecule has 1 aromatic carbocycles. The first-order valence-electron chi connectivity index (χ1n) is 3.67. The van der Waals surface area contributed by atoms with Gasteiger partial charge in [-0.3, -0.25) is 0 Å². The number of aliphatic hydroxyl groups is 1. The fraction of sp³-hybridized carbons (Fsp3) is 0.100. The second-order valence-electron chi connectivity index (χ2n) is 2.59. The minimum absolute atomic E-state index is 0.127. The molecular formula is C10H8ClNO. The summed E-state index contributed by atoms with van der Waals surface area (Å²) in [6.07, 6.45) is -0.928. The van der Waals surface area contributed by atoms with Crippen LogP contribution in [0.5, 0.6) is 0 Å². The van der Waals surface area contributed by atoms with Gasteiger partial charge in [0.05, 0.1) is 11.6 Å². The highest BCUT2D eigenvalue weighted by atomic mass is 35.5. The van der Waals surface area contributed by atoms with E-state index in [4.69, 9.17) is 16.9 Å². The number of rotatable bonds is 2. The lowest BCUT2D eigenvalue weighted by Gasteiger charge is -2.07. The van der Waals surface area contributed by atoms with E-state index in [0.717, 1.165) is 0 Å². The molecule has 0 aliphatic rings. The quantitative estimate of drug-likeness (QED) is 0.734. The lowest BCUT2D eigenvalue weighted by Crippen LogP contribution is -1.98. The Kier molecular flexibility index (Phi) is 3.07. The molecule has 0 fully saturated rings. The molecule has 0 heterocycles. The van der Waals surface area contributed by atoms with Gasteiger partial charge in [-0.15, -0.1) is 0 Å². The summed E-state index contributed by atoms with van der Waals surface area (Å²) in [6.45, 7) is 3.43. The lowest BCUT2D eigenvalue weighted by molar-refractivity contribution is 0.221. The summed E-state index contributed by atoms with van der Waals surface area (Å²) < 4.78 is 0. The third-order valence-corrected chi connectivity index (χ3v) is 1.91. The summed E-state index contributed by atoms with van der Waals surface area (Å²) >= 11 is 5.66. The molecule has 1 atom stereocenters. The average Bonchev–Trinajstić information content (AvgIpc) is 2.17. The molecule has 0 radical (unpaired) electrons. The number of hydrogen-bond donors (Lipinski definition) is 1. The highest BCUT2D eigenvalue weighted by Gasteiger charge is 2.10. The molecule has 66 valence electrons. The van der Waals surface area contributed by atoms with Crippen molar-refractivity contribution >= 4 is 11.6 Å². The Morgan fingerprint density at radius 1 is 1.46 bits per heavy atom. The summed E-state index contributed by atoms with van der Waals surface area (Å²) in [5.74, 6) is 0. The van der Waals surface area contributed by atoms with Crippen LogP contribution >= 0.6 is 11.6 Å². The monoisotopic (exact) mass is 193 g/mol. The van der Waals surface area contributed by atoms with Crippen LogP contribution in [-0.4, -0.2) is 5.11 Å². The number of aliphatic hydroxyl groups excluding tert-OH is 1. The van der Waals surface area contributed by atoms with Crippen LogP contribution in [0, 0.1) is 11.3 Å². The van der Waals surface area contributed by atoms with E-state index in [2.05, 4.69) is 6.58 Å². The maximum absolute atomic E-state index is 9.51. The Morgan fingerprint density at radius 2 is 2.00 bits per heavy atom. The number of benzene rings is 1. The van der Waals surface area contributed by atoms with Crippen LogP contribution in [0.15, 0.2) is 36.4 Å². The molecule has 13 heavy (non-hydrogen) atoms. The van der Waals surface area contributed by atoms with E-state index in [1.807, 2.05) is 0 Å². The SMILES string of the molecule is C=C(C#N)[C@H](O)c1ccc(Cl)cc1. The molecule has 1 rings (SSSR count). The van der Waals surface area contributed by atoms with Gasteiger partial charge < -0.3 is 5.11 Å². The fourth-order valence-corrected chi connectivity index (χ4v) is 1.03. The molecule has 0 bridgehead atoms. The second-order valence-corrected chi connectivity index (χ2v) is 3.03. The van der Waals surface area contributed by atoms with E-state index in [0.29, 0.717) is 10.6 Å². The van der Waals surface area contributed by atoms with Crippen molar-refractivity contribution in [3.63, 3.8) is 0 Å². The Bertz CT molecular complexity index is 350. The maximum atomic E-state index is 9.51. The third-order valence-electron chi connectivity index (χ3n) is 1.66. The lowest BCUT2D eigenvalue weighted by atomic mass is 10.0. The summed E-state index contributed by atoms with van der Waals surface area (Å²) in [6, 6.07) is 8.44. The maximum Gasteiger partial charge on any atom is 0.113 e. The number of nitrogens with zero attached hydrogens (tertiary/aromatic N) is 1. The molecule has 0 saturated carbocycles. The van der Waals surface area contributed by atoms with Crippen molar-refractivity contribution in [2.75, 3.05) is 0 Å². The largest absolute Gasteiger partial charge is 0.383 e. The van der Waals surface area contributed by atoms with Gasteiger partial charge in [0.15, 0.2) is 0 Å². The molecule has 0 saturated heterocycles. The van der Waals surface area contributed by atoms with Gasteiger partial charge in [0.2, 0.25) is 0 Å². The van der Waals surface area contributed by atoms with Crippen molar-refractivity contribution in [1.29, 1.82) is 5.26 Å². The van der Waals surface area contributed by atoms with Crippen LogP contribution in [0.2, 0.25) is 5.02 Å². The van der Waals surface area contributed by atoms with E-state index < -0.39 is 6.10 Å². The van der Waals surface area contributed by atoms with Crippen molar-refractivity contribution in [3.05, 3.63) is 47.0 Å². The molecular weight excluding hydrogens is 186 g/mol. The van der Waals surface area contributed by atoms with Crippen LogP contribution in [-0.2, 0) is 0 Å². The molecule has 1 N–H and O–H groups in total. The highest BCUT2D eigenvalue weighted by Crippen LogP contribution is 2.21. The minimum atomic E-state index is -0.928. The van der Waals surface area contributed by atoms with E-state index in [1.54, 1.807) is 30.3 Å². The predicted octanol–water partition coefficient (Wildman–Crippen LogP) is 2.45. The number of hydrogen-bond acceptors (Lipinski definition) is 2. The van der Waals surface area contributed by atoms with Gasteiger partial charge in [0, 0.05) is 5.02 Å². The van der Waals surface area contributed by atoms with Crippen LogP contribution in [0.4, 0.5) is 0 Å². The molecule has 0 unspecified atom stereocenters. The van der Waals surface area contributed by atoms with Crippen molar-refractivity contribution in [2.24, 2.45) is 0 Å². The van der Waals surface area contributed by atoms with E-state index in [9.17, 15) is 5.11 Å². The summed E-state index contributed by atoms with van der Waals surface area (Å²) in [5.41, 5.74) is 0.748. The zero-order valence-electron chi connectivity index (χ0n) is 6.87. The first-order valence-corrected chi connectivity index (χ1v) is 4.05. The van der Waals surface area contributed by atoms with Gasteiger partial charge in [-0.05, 0) is 17.7 Å². The molecule has 0 aliphatic heterocycles. The minimum Gasteiger partial charge on any atom is -0.383 e. The van der Waals surface area contributed by atoms with Gasteiger partial charge >= 0.3 is 0 Å². The molecule has 0 aromatic heterocycles. The molecule has 1 aromatic rings. The average molecular weight is 194 g/mol. The molecule has 3 heteroatoms. The fourth-order valence-electron chi connectivity index (χ4n) is 0.907. The van der Waals surface area contributed by atoms with Crippen LogP contribution in [0.1, 0.15) is 11.7 Å². The van der Waals surface area contributed by atoms with Crippen LogP contribution < -0.4 is 0 Å². The Morgan fingerprint density at radius 3 is 2.46 bits per heavy atom. The zero-order valence-corrected chi connectivity index (χ0v) is 7.62. The van der Waals surface area contributed by atoms with Crippen LogP contribution in [0.3, 0.4) is 0 Å². The summed E-state index contributed by atoms with van der Waals surface area (Å²) in [7, 11) is 0. The summed E-state index contributed by atoms with van der Waals surface area (Å²) in [4.78, 5) is 0. The first kappa shape index (κ1) is 9.79. The smallest absolute Gasteiger partial charge is 0.113 e. The van der Waals surface area contributed by atoms with Gasteiger partial charge in [0.25, 0.3) is 0 Å². The van der Waals surface area contributed by atoms with Gasteiger partial charge in [-0.2, -0.15) is 5.26 Å². The zero-order chi connectivity index (χ0) is 9.84. The van der Waals surface area contributed by atoms with E-state index in [-0.39, 0.29) is 5.57 Å². The molecule has 2 nitrogen and oxygen atoms in total. The molecule has 0 amide bonds. The highest BCUT2D eigenvalue weighted by molar-refractivity contribution is 6.30. The second kappa shape index (κ2) is 4.08. The van der Waals surface area contributed by atoms with E-state index >= 15 is 0 Å². The van der Waals surface area contributed by atoms with Crippen molar-refractivity contribution < 1.29 is 5.11 Å². The summed E-state index contributed by atoms with van der Waals surface area (Å²) in [5, 5.41) is 18.6. The Balaban J connectivity index is 2.91. The van der Waals surface area contributed by atoms with Gasteiger partial charge in [-0.1, -0.05) is 30.3 Å². The Labute approximate surface area is 81.7 Å². The predicted molar refractivity (Wildman–Crippen MR) is 51.2 cm³/mol. The van der Waals surface area contributed by atoms with Crippen molar-refractivity contribution in [2.45, 2.75) is 6.10 Å². The molecule has 0 spiro atoms. The van der Waals surface area contributed by atoms with Crippen molar-refractivity contribution in [1.82, 2.24) is 0 Å². The van der Waals surface area contributed by atoms with E-state index in [1.165, 1.54) is 0 Å². The standard InChI is InChI=1S/C10H8ClNO/c1-7(6-12)10(13)8-2-4-9(11)5-3-8/h2-5,10,13H,1H2/t10-/m0/s1. The van der Waals surface area contributed by atoms with Crippen LogP contribution in [0.25, 0.3) is 0 Å². The van der Waals surface area contributed by atoms with Gasteiger partial charge in [0.1, 0.15) is 6.10 Å². The molecule has 0 aliphatic carbocycles. The topological polar surface area (TPSA) is 44.0 Å². The number of nitriles is 1. The number of halogens is 1. The Hall–Kier alpha value is -1.30. The normalized spacial score (nSPS) is 11.8. The van der Waals surface area contributed by atoms with Crippen molar-refractivity contribution in [3.8, 4) is 6.07 Å².